The number of aryl methyl sites for hydroxylation is 1. The highest BCUT2D eigenvalue weighted by Crippen LogP contribution is 2.29. The Labute approximate surface area is 168 Å². The average molecular weight is 420 g/mol. The minimum absolute atomic E-state index is 0.0483. The van der Waals surface area contributed by atoms with Gasteiger partial charge in [0.15, 0.2) is 0 Å². The summed E-state index contributed by atoms with van der Waals surface area (Å²) in [5.41, 5.74) is 1.26. The molecule has 0 bridgehead atoms. The topological polar surface area (TPSA) is 54.5 Å². The lowest BCUT2D eigenvalue weighted by Crippen LogP contribution is -2.37. The van der Waals surface area contributed by atoms with Crippen LogP contribution in [-0.2, 0) is 10.0 Å². The third-order valence-electron chi connectivity index (χ3n) is 3.91. The second-order valence-electron chi connectivity index (χ2n) is 5.84. The standard InChI is InChI=1S/C20H15Cl2NO3S/c1-14-6-10-16(11-7-14)23(20(24)18-4-2-3-5-19(18)22)27(25,26)17-12-8-15(21)9-13-17/h2-13H,1H3. The van der Waals surface area contributed by atoms with Gasteiger partial charge in [0.25, 0.3) is 15.9 Å². The fraction of sp³-hybridized carbons (Fsp3) is 0.0500. The van der Waals surface area contributed by atoms with E-state index in [9.17, 15) is 13.2 Å². The maximum atomic E-state index is 13.3. The van der Waals surface area contributed by atoms with Crippen molar-refractivity contribution in [2.75, 3.05) is 4.31 Å². The molecule has 3 aromatic rings. The molecule has 0 aliphatic rings. The zero-order valence-electron chi connectivity index (χ0n) is 14.3. The molecule has 0 N–H and O–H groups in total. The number of carbonyl (C=O) groups is 1. The van der Waals surface area contributed by atoms with Crippen LogP contribution < -0.4 is 4.31 Å². The smallest absolute Gasteiger partial charge is 0.268 e. The summed E-state index contributed by atoms with van der Waals surface area (Å²) >= 11 is 12.0. The number of hydrogen-bond donors (Lipinski definition) is 0. The SMILES string of the molecule is Cc1ccc(N(C(=O)c2ccccc2Cl)S(=O)(=O)c2ccc(Cl)cc2)cc1. The monoisotopic (exact) mass is 419 g/mol. The van der Waals surface area contributed by atoms with Crippen LogP contribution in [0.25, 0.3) is 0 Å². The van der Waals surface area contributed by atoms with E-state index < -0.39 is 15.9 Å². The number of sulfonamides is 1. The van der Waals surface area contributed by atoms with Gasteiger partial charge in [-0.2, -0.15) is 4.31 Å². The Bertz CT molecular complexity index is 1080. The summed E-state index contributed by atoms with van der Waals surface area (Å²) < 4.78 is 27.3. The summed E-state index contributed by atoms with van der Waals surface area (Å²) in [5.74, 6) is -0.737. The molecule has 0 saturated carbocycles. The van der Waals surface area contributed by atoms with Gasteiger partial charge in [0, 0.05) is 5.02 Å². The number of benzene rings is 3. The van der Waals surface area contributed by atoms with E-state index in [1.165, 1.54) is 36.4 Å². The lowest BCUT2D eigenvalue weighted by Gasteiger charge is -2.23. The number of rotatable bonds is 4. The summed E-state index contributed by atoms with van der Waals surface area (Å²) in [6.45, 7) is 1.87. The first-order chi connectivity index (χ1) is 12.8. The number of halogens is 2. The Morgan fingerprint density at radius 3 is 2.04 bits per heavy atom. The van der Waals surface area contributed by atoms with Crippen molar-refractivity contribution in [1.29, 1.82) is 0 Å². The van der Waals surface area contributed by atoms with Crippen LogP contribution in [0.5, 0.6) is 0 Å². The van der Waals surface area contributed by atoms with E-state index in [4.69, 9.17) is 23.2 Å². The molecule has 0 aromatic heterocycles. The van der Waals surface area contributed by atoms with Crippen LogP contribution in [0.1, 0.15) is 15.9 Å². The van der Waals surface area contributed by atoms with Crippen molar-refractivity contribution in [3.8, 4) is 0 Å². The van der Waals surface area contributed by atoms with E-state index in [1.54, 1.807) is 36.4 Å². The fourth-order valence-electron chi connectivity index (χ4n) is 2.50. The molecule has 0 unspecified atom stereocenters. The van der Waals surface area contributed by atoms with E-state index in [0.29, 0.717) is 5.02 Å². The second-order valence-corrected chi connectivity index (χ2v) is 8.47. The zero-order chi connectivity index (χ0) is 19.6. The molecule has 0 aliphatic carbocycles. The lowest BCUT2D eigenvalue weighted by molar-refractivity contribution is 0.101. The molecular formula is C20H15Cl2NO3S. The Kier molecular flexibility index (Phi) is 5.56. The van der Waals surface area contributed by atoms with E-state index in [2.05, 4.69) is 0 Å². The predicted molar refractivity (Wildman–Crippen MR) is 108 cm³/mol. The molecule has 0 heterocycles. The molecule has 3 aromatic carbocycles. The van der Waals surface area contributed by atoms with E-state index in [1.807, 2.05) is 6.92 Å². The van der Waals surface area contributed by atoms with Gasteiger partial charge in [-0.1, -0.05) is 53.0 Å². The van der Waals surface area contributed by atoms with E-state index >= 15 is 0 Å². The molecule has 0 radical (unpaired) electrons. The van der Waals surface area contributed by atoms with Gasteiger partial charge in [-0.15, -0.1) is 0 Å². The molecule has 0 aliphatic heterocycles. The number of nitrogens with zero attached hydrogens (tertiary/aromatic N) is 1. The first-order valence-corrected chi connectivity index (χ1v) is 10.2. The molecule has 0 atom stereocenters. The van der Waals surface area contributed by atoms with Gasteiger partial charge in [0.1, 0.15) is 0 Å². The number of hydrogen-bond acceptors (Lipinski definition) is 3. The van der Waals surface area contributed by atoms with Crippen molar-refractivity contribution in [2.45, 2.75) is 11.8 Å². The Balaban J connectivity index is 2.18. The zero-order valence-corrected chi connectivity index (χ0v) is 16.6. The van der Waals surface area contributed by atoms with Crippen LogP contribution in [0.4, 0.5) is 5.69 Å². The predicted octanol–water partition coefficient (Wildman–Crippen LogP) is 5.34. The third-order valence-corrected chi connectivity index (χ3v) is 6.22. The van der Waals surface area contributed by atoms with Crippen molar-refractivity contribution in [3.05, 3.63) is 94.0 Å². The highest BCUT2D eigenvalue weighted by Gasteiger charge is 2.32. The molecule has 1 amide bonds. The van der Waals surface area contributed by atoms with Gasteiger partial charge in [-0.05, 0) is 55.5 Å². The van der Waals surface area contributed by atoms with E-state index in [0.717, 1.165) is 9.87 Å². The fourth-order valence-corrected chi connectivity index (χ4v) is 4.25. The molecule has 27 heavy (non-hydrogen) atoms. The van der Waals surface area contributed by atoms with Gasteiger partial charge in [-0.25, -0.2) is 8.42 Å². The summed E-state index contributed by atoms with van der Waals surface area (Å²) in [6, 6.07) is 18.6. The van der Waals surface area contributed by atoms with Gasteiger partial charge < -0.3 is 0 Å². The molecule has 0 saturated heterocycles. The number of anilines is 1. The van der Waals surface area contributed by atoms with Gasteiger partial charge >= 0.3 is 0 Å². The first kappa shape index (κ1) is 19.4. The molecule has 0 fully saturated rings. The van der Waals surface area contributed by atoms with Crippen LogP contribution in [0.2, 0.25) is 10.0 Å². The molecule has 4 nitrogen and oxygen atoms in total. The summed E-state index contributed by atoms with van der Waals surface area (Å²) in [7, 11) is -4.18. The van der Waals surface area contributed by atoms with Gasteiger partial charge in [0.2, 0.25) is 0 Å². The summed E-state index contributed by atoms with van der Waals surface area (Å²) in [5, 5.41) is 0.569. The van der Waals surface area contributed by atoms with Crippen LogP contribution >= 0.6 is 23.2 Å². The Morgan fingerprint density at radius 1 is 0.852 bits per heavy atom. The average Bonchev–Trinajstić information content (AvgIpc) is 2.64. The van der Waals surface area contributed by atoms with Gasteiger partial charge in [0.05, 0.1) is 21.2 Å². The third kappa shape index (κ3) is 4.00. The van der Waals surface area contributed by atoms with Gasteiger partial charge in [-0.3, -0.25) is 4.79 Å². The Hall–Kier alpha value is -2.34. The number of carbonyl (C=O) groups excluding carboxylic acids is 1. The number of amides is 1. The van der Waals surface area contributed by atoms with Crippen molar-refractivity contribution in [2.24, 2.45) is 0 Å². The molecule has 3 rings (SSSR count). The Morgan fingerprint density at radius 2 is 1.44 bits per heavy atom. The largest absolute Gasteiger partial charge is 0.273 e. The molecule has 0 spiro atoms. The highest BCUT2D eigenvalue weighted by atomic mass is 35.5. The normalized spacial score (nSPS) is 11.2. The molecule has 138 valence electrons. The van der Waals surface area contributed by atoms with Crippen LogP contribution in [-0.4, -0.2) is 14.3 Å². The molecular weight excluding hydrogens is 405 g/mol. The molecule has 7 heteroatoms. The van der Waals surface area contributed by atoms with Crippen LogP contribution in [0.3, 0.4) is 0 Å². The lowest BCUT2D eigenvalue weighted by atomic mass is 10.2. The maximum Gasteiger partial charge on any atom is 0.273 e. The minimum atomic E-state index is -4.18. The van der Waals surface area contributed by atoms with Crippen LogP contribution in [0.15, 0.2) is 77.7 Å². The van der Waals surface area contributed by atoms with Crippen molar-refractivity contribution < 1.29 is 13.2 Å². The van der Waals surface area contributed by atoms with E-state index in [-0.39, 0.29) is 21.2 Å². The second kappa shape index (κ2) is 7.72. The first-order valence-electron chi connectivity index (χ1n) is 7.97. The summed E-state index contributed by atoms with van der Waals surface area (Å²) in [4.78, 5) is 13.1. The van der Waals surface area contributed by atoms with Crippen LogP contribution in [0, 0.1) is 6.92 Å². The minimum Gasteiger partial charge on any atom is -0.268 e. The van der Waals surface area contributed by atoms with Crippen molar-refractivity contribution >= 4 is 44.8 Å². The van der Waals surface area contributed by atoms with Crippen molar-refractivity contribution in [1.82, 2.24) is 0 Å². The summed E-state index contributed by atoms with van der Waals surface area (Å²) in [6.07, 6.45) is 0. The van der Waals surface area contributed by atoms with Crippen molar-refractivity contribution in [3.63, 3.8) is 0 Å². The quantitative estimate of drug-likeness (QED) is 0.573. The maximum absolute atomic E-state index is 13.3. The highest BCUT2D eigenvalue weighted by molar-refractivity contribution is 7.93.